The second kappa shape index (κ2) is 7.35. The number of nitrogens with zero attached hydrogens (tertiary/aromatic N) is 7. The molecule has 0 unspecified atom stereocenters. The Morgan fingerprint density at radius 1 is 0.897 bits per heavy atom. The van der Waals surface area contributed by atoms with Gasteiger partial charge in [-0.2, -0.15) is 13.3 Å². The third-order valence-electron chi connectivity index (χ3n) is 4.80. The molecular weight excluding hydrogens is 541 g/mol. The average molecular weight is 557 g/mol. The van der Waals surface area contributed by atoms with Crippen LogP contribution in [0.4, 0.5) is 40.1 Å². The molecule has 0 radical (unpaired) electrons. The van der Waals surface area contributed by atoms with Gasteiger partial charge in [0.25, 0.3) is 0 Å². The maximum Gasteiger partial charge on any atom is 0.124 e. The average Bonchev–Trinajstić information content (AvgIpc) is 3.26. The molecule has 0 aliphatic carbocycles. The summed E-state index contributed by atoms with van der Waals surface area (Å²) in [5.41, 5.74) is 4.06. The molecule has 3 aromatic rings. The van der Waals surface area contributed by atoms with E-state index in [2.05, 4.69) is 20.9 Å². The predicted molar refractivity (Wildman–Crippen MR) is 110 cm³/mol. The van der Waals surface area contributed by atoms with Crippen LogP contribution in [-0.2, 0) is 19.8 Å². The van der Waals surface area contributed by atoms with Crippen LogP contribution in [0.2, 0.25) is 0 Å². The first-order chi connectivity index (χ1) is 13.7. The molecule has 0 saturated carbocycles. The summed E-state index contributed by atoms with van der Waals surface area (Å²) >= 11 is 0. The van der Waals surface area contributed by atoms with Crippen LogP contribution in [0.15, 0.2) is 48.8 Å². The van der Waals surface area contributed by atoms with Gasteiger partial charge in [-0.15, -0.1) is 29.6 Å². The molecule has 4 heterocycles. The maximum atomic E-state index is 7.55. The molecular formula is C21H16N7Os-3. The molecule has 146 valence electrons. The van der Waals surface area contributed by atoms with Gasteiger partial charge in [0.1, 0.15) is 11.6 Å². The Morgan fingerprint density at radius 3 is 1.83 bits per heavy atom. The smallest absolute Gasteiger partial charge is 0.124 e. The topological polar surface area (TPSA) is 43.1 Å². The quantitative estimate of drug-likeness (QED) is 0.440. The fourth-order valence-electron chi connectivity index (χ4n) is 3.48. The van der Waals surface area contributed by atoms with Gasteiger partial charge >= 0.3 is 0 Å². The summed E-state index contributed by atoms with van der Waals surface area (Å²) in [7, 11) is 3.95. The van der Waals surface area contributed by atoms with E-state index in [4.69, 9.17) is 6.57 Å². The SMILES string of the molecule is [C-]#[N+]c1cc(N2[CH-]N(C)c3cccnc32)[c-]c(N2[CH-]N(C)c3cccnc32)c1.[Os]. The first-order valence-corrected chi connectivity index (χ1v) is 8.75. The van der Waals surface area contributed by atoms with Crippen LogP contribution >= 0.6 is 0 Å². The summed E-state index contributed by atoms with van der Waals surface area (Å²) in [5, 5.41) is 0. The van der Waals surface area contributed by atoms with E-state index < -0.39 is 0 Å². The molecule has 2 aliphatic rings. The second-order valence-electron chi connectivity index (χ2n) is 6.61. The molecule has 2 aliphatic heterocycles. The molecule has 0 amide bonds. The van der Waals surface area contributed by atoms with Crippen LogP contribution < -0.4 is 19.6 Å². The molecule has 0 fully saturated rings. The molecule has 29 heavy (non-hydrogen) atoms. The molecule has 2 aromatic heterocycles. The molecule has 0 saturated heterocycles. The van der Waals surface area contributed by atoms with Crippen LogP contribution in [0.25, 0.3) is 4.85 Å². The molecule has 7 nitrogen and oxygen atoms in total. The zero-order valence-electron chi connectivity index (χ0n) is 15.8. The van der Waals surface area contributed by atoms with Gasteiger partial charge in [0.05, 0.1) is 12.3 Å². The van der Waals surface area contributed by atoms with Gasteiger partial charge in [0.2, 0.25) is 0 Å². The van der Waals surface area contributed by atoms with E-state index in [0.717, 1.165) is 34.4 Å². The van der Waals surface area contributed by atoms with Crippen molar-refractivity contribution in [2.75, 3.05) is 33.7 Å². The van der Waals surface area contributed by atoms with Crippen molar-refractivity contribution in [1.29, 1.82) is 0 Å². The normalized spacial score (nSPS) is 14.4. The van der Waals surface area contributed by atoms with Crippen LogP contribution in [0.1, 0.15) is 0 Å². The van der Waals surface area contributed by atoms with Crippen LogP contribution in [0, 0.1) is 26.0 Å². The molecule has 0 atom stereocenters. The summed E-state index contributed by atoms with van der Waals surface area (Å²) < 4.78 is 0. The van der Waals surface area contributed by atoms with Crippen molar-refractivity contribution in [3.8, 4) is 0 Å². The number of fused-ring (bicyclic) bond motifs is 2. The largest absolute Gasteiger partial charge is 0.502 e. The number of hydrogen-bond donors (Lipinski definition) is 0. The Kier molecular flexibility index (Phi) is 4.86. The van der Waals surface area contributed by atoms with Gasteiger partial charge in [-0.05, 0) is 38.4 Å². The van der Waals surface area contributed by atoms with E-state index in [-0.39, 0.29) is 19.8 Å². The fourth-order valence-corrected chi connectivity index (χ4v) is 3.48. The monoisotopic (exact) mass is 558 g/mol. The van der Waals surface area contributed by atoms with Crippen molar-refractivity contribution in [3.05, 3.63) is 79.6 Å². The zero-order chi connectivity index (χ0) is 19.3. The molecule has 1 aromatic carbocycles. The Bertz CT molecular complexity index is 1030. The van der Waals surface area contributed by atoms with Crippen molar-refractivity contribution in [3.63, 3.8) is 0 Å². The van der Waals surface area contributed by atoms with Gasteiger partial charge in [-0.25, -0.2) is 9.97 Å². The number of rotatable bonds is 2. The van der Waals surface area contributed by atoms with E-state index >= 15 is 0 Å². The molecule has 8 heteroatoms. The molecule has 0 N–H and O–H groups in total. The van der Waals surface area contributed by atoms with Crippen LogP contribution in [0.3, 0.4) is 0 Å². The van der Waals surface area contributed by atoms with Crippen LogP contribution in [0.5, 0.6) is 0 Å². The third-order valence-corrected chi connectivity index (χ3v) is 4.80. The van der Waals surface area contributed by atoms with E-state index in [9.17, 15) is 0 Å². The third kappa shape index (κ3) is 3.08. The minimum Gasteiger partial charge on any atom is -0.502 e. The Hall–Kier alpha value is -3.15. The first-order valence-electron chi connectivity index (χ1n) is 8.75. The van der Waals surface area contributed by atoms with Crippen molar-refractivity contribution >= 4 is 40.1 Å². The molecule has 0 bridgehead atoms. The predicted octanol–water partition coefficient (Wildman–Crippen LogP) is 4.24. The standard InChI is InChI=1S/C21H16N7.Os/c1-22-15-10-16(27-13-25(2)18-6-4-8-23-20(18)27)12-17(11-15)28-14-26(3)19-7-5-9-24-21(19)28;/h4-11,13-14H,2-3H3;/q-3;. The summed E-state index contributed by atoms with van der Waals surface area (Å²) in [6, 6.07) is 14.9. The number of benzene rings is 1. The zero-order valence-corrected chi connectivity index (χ0v) is 18.3. The van der Waals surface area contributed by atoms with Gasteiger partial charge < -0.3 is 19.6 Å². The summed E-state index contributed by atoms with van der Waals surface area (Å²) in [4.78, 5) is 20.6. The van der Waals surface area contributed by atoms with Gasteiger partial charge in [0, 0.05) is 43.6 Å². The van der Waals surface area contributed by atoms with Gasteiger partial charge in [-0.1, -0.05) is 0 Å². The number of hydrogen-bond acceptors (Lipinski definition) is 6. The first kappa shape index (κ1) is 19.2. The number of anilines is 6. The summed E-state index contributed by atoms with van der Waals surface area (Å²) in [6.07, 6.45) is 3.53. The van der Waals surface area contributed by atoms with Crippen LogP contribution in [-0.4, -0.2) is 24.1 Å². The van der Waals surface area contributed by atoms with Crippen molar-refractivity contribution in [2.24, 2.45) is 0 Å². The second-order valence-corrected chi connectivity index (χ2v) is 6.61. The van der Waals surface area contributed by atoms with E-state index in [1.54, 1.807) is 12.4 Å². The Morgan fingerprint density at radius 2 is 1.38 bits per heavy atom. The molecule has 0 spiro atoms. The minimum absolute atomic E-state index is 0. The summed E-state index contributed by atoms with van der Waals surface area (Å²) in [5.74, 6) is 1.63. The van der Waals surface area contributed by atoms with E-state index in [1.807, 2.05) is 83.4 Å². The van der Waals surface area contributed by atoms with Gasteiger partial charge in [-0.3, -0.25) is 4.85 Å². The fraction of sp³-hybridized carbons (Fsp3) is 0.0952. The number of pyridine rings is 2. The van der Waals surface area contributed by atoms with E-state index in [1.165, 1.54) is 0 Å². The molecule has 5 rings (SSSR count). The van der Waals surface area contributed by atoms with E-state index in [0.29, 0.717) is 5.69 Å². The summed E-state index contributed by atoms with van der Waals surface area (Å²) in [6.45, 7) is 11.5. The Labute approximate surface area is 183 Å². The van der Waals surface area contributed by atoms with Crippen molar-refractivity contribution in [1.82, 2.24) is 9.97 Å². The van der Waals surface area contributed by atoms with Crippen molar-refractivity contribution < 1.29 is 19.8 Å². The minimum atomic E-state index is 0. The van der Waals surface area contributed by atoms with Crippen molar-refractivity contribution in [2.45, 2.75) is 0 Å². The van der Waals surface area contributed by atoms with Gasteiger partial charge in [0.15, 0.2) is 0 Å². The number of aromatic nitrogens is 2. The maximum absolute atomic E-state index is 7.55. The Balaban J connectivity index is 0.00000205.